The van der Waals surface area contributed by atoms with Gasteiger partial charge in [-0.1, -0.05) is 6.08 Å². The number of fused-ring (bicyclic) bond motifs is 1. The normalized spacial score (nSPS) is 25.0. The Bertz CT molecular complexity index is 955. The molecule has 1 fully saturated rings. The monoisotopic (exact) mass is 402 g/mol. The van der Waals surface area contributed by atoms with Gasteiger partial charge >= 0.3 is 0 Å². The second-order valence-corrected chi connectivity index (χ2v) is 7.78. The molecule has 9 heteroatoms. The summed E-state index contributed by atoms with van der Waals surface area (Å²) in [7, 11) is 0. The van der Waals surface area contributed by atoms with Gasteiger partial charge in [0.1, 0.15) is 11.7 Å². The number of hydrazine groups is 1. The molecule has 0 saturated carbocycles. The van der Waals surface area contributed by atoms with Crippen LogP contribution in [0.3, 0.4) is 0 Å². The Labute approximate surface area is 167 Å². The van der Waals surface area contributed by atoms with Crippen molar-refractivity contribution in [3.63, 3.8) is 0 Å². The van der Waals surface area contributed by atoms with Crippen molar-refractivity contribution in [1.29, 1.82) is 0 Å². The average Bonchev–Trinajstić information content (AvgIpc) is 3.25. The molecule has 2 aromatic heterocycles. The van der Waals surface area contributed by atoms with Crippen LogP contribution in [0.15, 0.2) is 24.4 Å². The number of amides is 2. The van der Waals surface area contributed by atoms with Gasteiger partial charge in [-0.15, -0.1) is 11.6 Å². The Kier molecular flexibility index (Phi) is 5.09. The van der Waals surface area contributed by atoms with Crippen LogP contribution in [-0.2, 0) is 9.59 Å². The largest absolute Gasteiger partial charge is 0.339 e. The first-order valence-corrected chi connectivity index (χ1v) is 9.75. The van der Waals surface area contributed by atoms with E-state index < -0.39 is 6.04 Å². The summed E-state index contributed by atoms with van der Waals surface area (Å²) in [5, 5.41) is 3.46. The summed E-state index contributed by atoms with van der Waals surface area (Å²) in [4.78, 5) is 33.5. The molecule has 2 aromatic rings. The Morgan fingerprint density at radius 2 is 2.14 bits per heavy atom. The van der Waals surface area contributed by atoms with Gasteiger partial charge in [0.25, 0.3) is 0 Å². The maximum absolute atomic E-state index is 12.5. The molecule has 28 heavy (non-hydrogen) atoms. The molecule has 0 bridgehead atoms. The topological polar surface area (TPSA) is 102 Å². The molecule has 3 unspecified atom stereocenters. The zero-order valence-corrected chi connectivity index (χ0v) is 16.5. The maximum atomic E-state index is 12.5. The van der Waals surface area contributed by atoms with Crippen molar-refractivity contribution in [2.24, 2.45) is 0 Å². The molecule has 0 aliphatic carbocycles. The molecule has 2 aliphatic rings. The van der Waals surface area contributed by atoms with E-state index in [1.807, 2.05) is 24.0 Å². The molecule has 1 saturated heterocycles. The first-order chi connectivity index (χ1) is 13.4. The molecule has 0 spiro atoms. The number of pyridine rings is 1. The second-order valence-electron chi connectivity index (χ2n) is 7.28. The molecule has 4 N–H and O–H groups in total. The van der Waals surface area contributed by atoms with Crippen LogP contribution in [0, 0.1) is 0 Å². The van der Waals surface area contributed by atoms with Crippen molar-refractivity contribution in [2.45, 2.75) is 37.7 Å². The third-order valence-electron chi connectivity index (χ3n) is 5.28. The number of rotatable bonds is 3. The number of nitrogens with zero attached hydrogens (tertiary/aromatic N) is 2. The molecule has 2 amide bonds. The van der Waals surface area contributed by atoms with E-state index in [0.29, 0.717) is 18.8 Å². The molecule has 4 heterocycles. The molecule has 8 nitrogen and oxygen atoms in total. The minimum atomic E-state index is -0.509. The van der Waals surface area contributed by atoms with Gasteiger partial charge in [-0.05, 0) is 31.1 Å². The Hall–Kier alpha value is -2.42. The summed E-state index contributed by atoms with van der Waals surface area (Å²) in [5.74, 6) is -0.109. The number of nitrogens with one attached hydrogen (secondary N) is 4. The number of halogens is 1. The number of alkyl halides is 1. The van der Waals surface area contributed by atoms with Gasteiger partial charge < -0.3 is 15.2 Å². The molecule has 0 aromatic carbocycles. The number of hydrogen-bond donors (Lipinski definition) is 4. The summed E-state index contributed by atoms with van der Waals surface area (Å²) in [6.07, 6.45) is 4.49. The quantitative estimate of drug-likeness (QED) is 0.584. The standard InChI is InChI=1S/C19H23ClN6O2/c1-10-16(20)17(25-24-10)19(28)22-14-7-13-8-15(23-18(13)21-9-14)12-3-5-26(6-4-12)11(2)27/h3,7-10,16-17,24-25H,4-6H2,1-2H3,(H,21,23)(H,22,28). The van der Waals surface area contributed by atoms with E-state index in [2.05, 4.69) is 32.2 Å². The van der Waals surface area contributed by atoms with Gasteiger partial charge in [0.2, 0.25) is 11.8 Å². The number of carbonyl (C=O) groups is 2. The second kappa shape index (κ2) is 7.54. The van der Waals surface area contributed by atoms with Gasteiger partial charge in [0.15, 0.2) is 0 Å². The zero-order chi connectivity index (χ0) is 19.8. The van der Waals surface area contributed by atoms with Crippen molar-refractivity contribution in [3.05, 3.63) is 30.1 Å². The highest BCUT2D eigenvalue weighted by Crippen LogP contribution is 2.26. The Balaban J connectivity index is 1.49. The van der Waals surface area contributed by atoms with Gasteiger partial charge in [0, 0.05) is 37.1 Å². The van der Waals surface area contributed by atoms with Gasteiger partial charge in [-0.2, -0.15) is 0 Å². The van der Waals surface area contributed by atoms with Gasteiger partial charge in [0.05, 0.1) is 17.3 Å². The van der Waals surface area contributed by atoms with Crippen LogP contribution in [0.5, 0.6) is 0 Å². The molecule has 0 radical (unpaired) electrons. The molecule has 148 valence electrons. The van der Waals surface area contributed by atoms with Gasteiger partial charge in [-0.3, -0.25) is 15.0 Å². The first kappa shape index (κ1) is 18.9. The van der Waals surface area contributed by atoms with E-state index in [1.165, 1.54) is 5.57 Å². The molecular weight excluding hydrogens is 380 g/mol. The highest BCUT2D eigenvalue weighted by atomic mass is 35.5. The molecule has 4 rings (SSSR count). The molecular formula is C19H23ClN6O2. The van der Waals surface area contributed by atoms with Crippen molar-refractivity contribution in [1.82, 2.24) is 25.7 Å². The third-order valence-corrected chi connectivity index (χ3v) is 5.91. The van der Waals surface area contributed by atoms with Crippen LogP contribution in [0.4, 0.5) is 5.69 Å². The summed E-state index contributed by atoms with van der Waals surface area (Å²) in [6, 6.07) is 3.41. The number of carbonyl (C=O) groups excluding carboxylic acids is 2. The smallest absolute Gasteiger partial charge is 0.244 e. The number of hydrogen-bond acceptors (Lipinski definition) is 5. The van der Waals surface area contributed by atoms with Crippen molar-refractivity contribution in [2.75, 3.05) is 18.4 Å². The highest BCUT2D eigenvalue weighted by molar-refractivity contribution is 6.24. The fourth-order valence-corrected chi connectivity index (χ4v) is 3.80. The Morgan fingerprint density at radius 3 is 2.79 bits per heavy atom. The van der Waals surface area contributed by atoms with E-state index in [9.17, 15) is 9.59 Å². The number of aromatic nitrogens is 2. The van der Waals surface area contributed by atoms with Crippen LogP contribution < -0.4 is 16.2 Å². The maximum Gasteiger partial charge on any atom is 0.244 e. The molecule has 3 atom stereocenters. The van der Waals surface area contributed by atoms with Crippen molar-refractivity contribution >= 4 is 45.7 Å². The van der Waals surface area contributed by atoms with Crippen LogP contribution in [0.25, 0.3) is 16.6 Å². The van der Waals surface area contributed by atoms with Gasteiger partial charge in [-0.25, -0.2) is 10.4 Å². The van der Waals surface area contributed by atoms with E-state index in [0.717, 1.165) is 23.1 Å². The predicted octanol–water partition coefficient (Wildman–Crippen LogP) is 1.61. The average molecular weight is 403 g/mol. The summed E-state index contributed by atoms with van der Waals surface area (Å²) < 4.78 is 0. The zero-order valence-electron chi connectivity index (χ0n) is 15.8. The minimum absolute atomic E-state index is 0.00736. The number of aromatic amines is 1. The van der Waals surface area contributed by atoms with Crippen LogP contribution in [0.2, 0.25) is 0 Å². The van der Waals surface area contributed by atoms with Crippen LogP contribution >= 0.6 is 11.6 Å². The lowest BCUT2D eigenvalue weighted by atomic mass is 10.0. The van der Waals surface area contributed by atoms with Crippen LogP contribution in [-0.4, -0.2) is 57.2 Å². The predicted molar refractivity (Wildman–Crippen MR) is 109 cm³/mol. The summed E-state index contributed by atoms with van der Waals surface area (Å²) in [5.41, 5.74) is 9.42. The minimum Gasteiger partial charge on any atom is -0.339 e. The lowest BCUT2D eigenvalue weighted by molar-refractivity contribution is -0.128. The highest BCUT2D eigenvalue weighted by Gasteiger charge is 2.36. The van der Waals surface area contributed by atoms with E-state index in [1.54, 1.807) is 13.1 Å². The lowest BCUT2D eigenvalue weighted by Crippen LogP contribution is -2.42. The summed E-state index contributed by atoms with van der Waals surface area (Å²) >= 11 is 6.27. The first-order valence-electron chi connectivity index (χ1n) is 9.32. The SMILES string of the molecule is CC(=O)N1CC=C(c2cc3cc(NC(=O)C4NNC(C)C4Cl)cnc3[nH]2)CC1. The lowest BCUT2D eigenvalue weighted by Gasteiger charge is -2.24. The van der Waals surface area contributed by atoms with Crippen LogP contribution in [0.1, 0.15) is 26.0 Å². The molecule has 2 aliphatic heterocycles. The summed E-state index contributed by atoms with van der Waals surface area (Å²) in [6.45, 7) is 4.84. The fraction of sp³-hybridized carbons (Fsp3) is 0.421. The Morgan fingerprint density at radius 1 is 1.32 bits per heavy atom. The third kappa shape index (κ3) is 3.63. The fourth-order valence-electron chi connectivity index (χ4n) is 3.56. The van der Waals surface area contributed by atoms with Crippen molar-refractivity contribution in [3.8, 4) is 0 Å². The van der Waals surface area contributed by atoms with Crippen molar-refractivity contribution < 1.29 is 9.59 Å². The number of anilines is 1. The van der Waals surface area contributed by atoms with E-state index in [4.69, 9.17) is 11.6 Å². The van der Waals surface area contributed by atoms with E-state index >= 15 is 0 Å². The number of H-pyrrole nitrogens is 1. The van der Waals surface area contributed by atoms with E-state index in [-0.39, 0.29) is 23.2 Å².